The van der Waals surface area contributed by atoms with Gasteiger partial charge in [-0.1, -0.05) is 65.0 Å². The first-order valence-electron chi connectivity index (χ1n) is 9.79. The Balaban J connectivity index is 2.09. The number of carbonyl (C=O) groups excluding carboxylic acids is 1. The smallest absolute Gasteiger partial charge is 0.133 e. The molecule has 0 saturated heterocycles. The number of hydrogen-bond donors (Lipinski definition) is 1. The van der Waals surface area contributed by atoms with E-state index < -0.39 is 0 Å². The Morgan fingerprint density at radius 1 is 1.17 bits per heavy atom. The van der Waals surface area contributed by atoms with Gasteiger partial charge in [-0.05, 0) is 47.8 Å². The number of phenols is 1. The molecule has 0 amide bonds. The van der Waals surface area contributed by atoms with Crippen LogP contribution in [0.1, 0.15) is 102 Å². The first kappa shape index (κ1) is 19.0. The largest absolute Gasteiger partial charge is 0.508 e. The van der Waals surface area contributed by atoms with Gasteiger partial charge < -0.3 is 5.11 Å². The van der Waals surface area contributed by atoms with E-state index in [1.54, 1.807) is 0 Å². The topological polar surface area (TPSA) is 37.3 Å². The molecule has 1 aliphatic rings. The van der Waals surface area contributed by atoms with Gasteiger partial charge in [0.2, 0.25) is 0 Å². The highest BCUT2D eigenvalue weighted by atomic mass is 16.3. The van der Waals surface area contributed by atoms with E-state index in [1.165, 1.54) is 31.2 Å². The molecule has 1 atom stereocenters. The summed E-state index contributed by atoms with van der Waals surface area (Å²) in [6.45, 7) is 6.77. The van der Waals surface area contributed by atoms with E-state index in [0.29, 0.717) is 24.4 Å². The monoisotopic (exact) mass is 330 g/mol. The third-order valence-electron chi connectivity index (χ3n) is 5.64. The number of unbranched alkanes of at least 4 members (excludes halogenated alkanes) is 3. The molecule has 134 valence electrons. The Kier molecular flexibility index (Phi) is 6.89. The molecule has 2 heteroatoms. The highest BCUT2D eigenvalue weighted by molar-refractivity contribution is 5.79. The van der Waals surface area contributed by atoms with Crippen LogP contribution in [0.4, 0.5) is 0 Å². The molecule has 1 fully saturated rings. The van der Waals surface area contributed by atoms with Crippen LogP contribution in [-0.2, 0) is 10.2 Å². The first-order chi connectivity index (χ1) is 11.4. The Morgan fingerprint density at radius 2 is 1.96 bits per heavy atom. The maximum atomic E-state index is 11.9. The van der Waals surface area contributed by atoms with Gasteiger partial charge in [0, 0.05) is 12.8 Å². The van der Waals surface area contributed by atoms with Gasteiger partial charge in [-0.25, -0.2) is 0 Å². The molecule has 2 rings (SSSR count). The first-order valence-corrected chi connectivity index (χ1v) is 9.79. The van der Waals surface area contributed by atoms with Crippen molar-refractivity contribution in [1.29, 1.82) is 0 Å². The van der Waals surface area contributed by atoms with Crippen LogP contribution in [0.3, 0.4) is 0 Å². The highest BCUT2D eigenvalue weighted by Gasteiger charge is 2.25. The van der Waals surface area contributed by atoms with Crippen molar-refractivity contribution < 1.29 is 9.90 Å². The second-order valence-electron chi connectivity index (χ2n) is 8.15. The van der Waals surface area contributed by atoms with Crippen molar-refractivity contribution in [1.82, 2.24) is 0 Å². The van der Waals surface area contributed by atoms with Crippen LogP contribution in [0.25, 0.3) is 0 Å². The average molecular weight is 331 g/mol. The van der Waals surface area contributed by atoms with E-state index in [-0.39, 0.29) is 11.3 Å². The quantitative estimate of drug-likeness (QED) is 0.473. The van der Waals surface area contributed by atoms with Crippen LogP contribution in [0, 0.1) is 0 Å². The molecule has 0 heterocycles. The molecule has 1 aromatic rings. The summed E-state index contributed by atoms with van der Waals surface area (Å²) in [7, 11) is 0. The zero-order valence-corrected chi connectivity index (χ0v) is 15.7. The molecule has 0 radical (unpaired) electrons. The lowest BCUT2D eigenvalue weighted by atomic mass is 9.78. The van der Waals surface area contributed by atoms with Crippen LogP contribution in [-0.4, -0.2) is 10.9 Å². The van der Waals surface area contributed by atoms with Crippen LogP contribution in [0.2, 0.25) is 0 Å². The maximum absolute atomic E-state index is 11.9. The predicted octanol–water partition coefficient (Wildman–Crippen LogP) is 6.26. The fourth-order valence-electron chi connectivity index (χ4n) is 3.91. The predicted molar refractivity (Wildman–Crippen MR) is 101 cm³/mol. The number of benzene rings is 1. The summed E-state index contributed by atoms with van der Waals surface area (Å²) in [6.07, 6.45) is 10.6. The lowest BCUT2D eigenvalue weighted by molar-refractivity contribution is -0.119. The Labute approximate surface area is 147 Å². The van der Waals surface area contributed by atoms with Gasteiger partial charge in [-0.3, -0.25) is 4.79 Å². The standard InChI is InChI=1S/C22H34O2/c1-4-5-6-9-14-22(2,3)18-12-13-20(21(24)16-18)17-10-7-8-11-19(23)15-17/h12-13,16-17,24H,4-11,14-15H2,1-3H3. The van der Waals surface area contributed by atoms with E-state index in [1.807, 2.05) is 6.07 Å². The summed E-state index contributed by atoms with van der Waals surface area (Å²) in [5.41, 5.74) is 2.26. The second-order valence-corrected chi connectivity index (χ2v) is 8.15. The summed E-state index contributed by atoms with van der Waals surface area (Å²) < 4.78 is 0. The molecule has 1 N–H and O–H groups in total. The fourth-order valence-corrected chi connectivity index (χ4v) is 3.91. The van der Waals surface area contributed by atoms with Gasteiger partial charge in [0.25, 0.3) is 0 Å². The molecular weight excluding hydrogens is 296 g/mol. The lowest BCUT2D eigenvalue weighted by Gasteiger charge is -2.27. The van der Waals surface area contributed by atoms with Crippen LogP contribution >= 0.6 is 0 Å². The number of Topliss-reactive ketones (excluding diaryl/α,β-unsaturated/α-hetero) is 1. The van der Waals surface area contributed by atoms with E-state index >= 15 is 0 Å². The van der Waals surface area contributed by atoms with Crippen LogP contribution in [0.5, 0.6) is 5.75 Å². The van der Waals surface area contributed by atoms with Crippen molar-refractivity contribution in [3.63, 3.8) is 0 Å². The van der Waals surface area contributed by atoms with Gasteiger partial charge in [0.15, 0.2) is 0 Å². The Morgan fingerprint density at radius 3 is 2.67 bits per heavy atom. The SMILES string of the molecule is CCCCCCC(C)(C)c1ccc(C2CCCCC(=O)C2)c(O)c1. The zero-order chi connectivity index (χ0) is 17.6. The number of hydrogen-bond acceptors (Lipinski definition) is 2. The van der Waals surface area contributed by atoms with Crippen LogP contribution in [0.15, 0.2) is 18.2 Å². The number of carbonyl (C=O) groups is 1. The molecule has 0 bridgehead atoms. The minimum Gasteiger partial charge on any atom is -0.508 e. The normalized spacial score (nSPS) is 19.3. The molecule has 2 nitrogen and oxygen atoms in total. The van der Waals surface area contributed by atoms with E-state index in [2.05, 4.69) is 32.9 Å². The third kappa shape index (κ3) is 5.09. The lowest BCUT2D eigenvalue weighted by Crippen LogP contribution is -2.17. The van der Waals surface area contributed by atoms with Crippen molar-refractivity contribution in [2.24, 2.45) is 0 Å². The summed E-state index contributed by atoms with van der Waals surface area (Å²) >= 11 is 0. The minimum atomic E-state index is 0.0863. The third-order valence-corrected chi connectivity index (χ3v) is 5.64. The van der Waals surface area contributed by atoms with Gasteiger partial charge in [0.05, 0.1) is 0 Å². The van der Waals surface area contributed by atoms with Crippen molar-refractivity contribution in [3.8, 4) is 5.75 Å². The highest BCUT2D eigenvalue weighted by Crippen LogP contribution is 2.38. The number of phenolic OH excluding ortho intramolecular Hbond substituents is 1. The van der Waals surface area contributed by atoms with Gasteiger partial charge in [0.1, 0.15) is 11.5 Å². The van der Waals surface area contributed by atoms with Gasteiger partial charge in [-0.2, -0.15) is 0 Å². The van der Waals surface area contributed by atoms with Gasteiger partial charge >= 0.3 is 0 Å². The average Bonchev–Trinajstić information content (AvgIpc) is 2.76. The van der Waals surface area contributed by atoms with Crippen molar-refractivity contribution in [3.05, 3.63) is 29.3 Å². The summed E-state index contributed by atoms with van der Waals surface area (Å²) in [6, 6.07) is 6.19. The molecule has 1 aliphatic carbocycles. The molecule has 1 saturated carbocycles. The van der Waals surface area contributed by atoms with E-state index in [4.69, 9.17) is 0 Å². The molecule has 1 unspecified atom stereocenters. The second kappa shape index (κ2) is 8.69. The van der Waals surface area contributed by atoms with Crippen molar-refractivity contribution in [2.45, 2.75) is 96.3 Å². The molecule has 0 spiro atoms. The maximum Gasteiger partial charge on any atom is 0.133 e. The van der Waals surface area contributed by atoms with E-state index in [9.17, 15) is 9.90 Å². The van der Waals surface area contributed by atoms with Gasteiger partial charge in [-0.15, -0.1) is 0 Å². The zero-order valence-electron chi connectivity index (χ0n) is 15.7. The summed E-state index contributed by atoms with van der Waals surface area (Å²) in [5, 5.41) is 10.6. The molecular formula is C22H34O2. The van der Waals surface area contributed by atoms with Crippen molar-refractivity contribution in [2.75, 3.05) is 0 Å². The van der Waals surface area contributed by atoms with E-state index in [0.717, 1.165) is 31.2 Å². The molecule has 0 aliphatic heterocycles. The summed E-state index contributed by atoms with van der Waals surface area (Å²) in [5.74, 6) is 0.924. The molecule has 24 heavy (non-hydrogen) atoms. The van der Waals surface area contributed by atoms with Crippen molar-refractivity contribution >= 4 is 5.78 Å². The number of rotatable bonds is 7. The van der Waals surface area contributed by atoms with Crippen LogP contribution < -0.4 is 0 Å². The fraction of sp³-hybridized carbons (Fsp3) is 0.682. The summed E-state index contributed by atoms with van der Waals surface area (Å²) in [4.78, 5) is 11.9. The minimum absolute atomic E-state index is 0.0863. The number of aromatic hydroxyl groups is 1. The Bertz CT molecular complexity index is 545. The number of ketones is 1. The molecule has 0 aromatic heterocycles. The Hall–Kier alpha value is -1.31. The molecule has 1 aromatic carbocycles.